The number of nitrogens with two attached hydrogens (primary N) is 1. The molecule has 1 saturated heterocycles. The normalized spacial score (nSPS) is 22.3. The van der Waals surface area contributed by atoms with E-state index in [2.05, 4.69) is 49.1 Å². The molecule has 17 heavy (non-hydrogen) atoms. The van der Waals surface area contributed by atoms with Gasteiger partial charge in [0, 0.05) is 11.6 Å². The highest BCUT2D eigenvalue weighted by atomic mass is 15.2. The van der Waals surface area contributed by atoms with Gasteiger partial charge < -0.3 is 5.73 Å². The second-order valence-electron chi connectivity index (χ2n) is 5.29. The summed E-state index contributed by atoms with van der Waals surface area (Å²) in [5.74, 6) is 0. The van der Waals surface area contributed by atoms with Crippen molar-refractivity contribution >= 4 is 0 Å². The van der Waals surface area contributed by atoms with E-state index in [1.165, 1.54) is 31.5 Å². The molecule has 0 bridgehead atoms. The topological polar surface area (TPSA) is 29.3 Å². The van der Waals surface area contributed by atoms with Crippen molar-refractivity contribution < 1.29 is 0 Å². The second-order valence-corrected chi connectivity index (χ2v) is 5.29. The molecule has 2 nitrogen and oxygen atoms in total. The maximum absolute atomic E-state index is 6.52. The Labute approximate surface area is 105 Å². The van der Waals surface area contributed by atoms with Gasteiger partial charge in [-0.05, 0) is 44.8 Å². The van der Waals surface area contributed by atoms with E-state index in [9.17, 15) is 0 Å². The summed E-state index contributed by atoms with van der Waals surface area (Å²) in [6.07, 6.45) is 3.73. The molecule has 0 saturated carbocycles. The fourth-order valence-electron chi connectivity index (χ4n) is 2.89. The SMILES string of the molecule is CCC(C)(C(N)c1ccccc1)N1CCCC1. The highest BCUT2D eigenvalue weighted by Crippen LogP contribution is 2.34. The molecule has 1 aromatic rings. The van der Waals surface area contributed by atoms with E-state index >= 15 is 0 Å². The van der Waals surface area contributed by atoms with Crippen LogP contribution in [0.5, 0.6) is 0 Å². The van der Waals surface area contributed by atoms with Gasteiger partial charge in [0.1, 0.15) is 0 Å². The highest BCUT2D eigenvalue weighted by Gasteiger charge is 2.38. The number of rotatable bonds is 4. The fourth-order valence-corrected chi connectivity index (χ4v) is 2.89. The number of nitrogens with zero attached hydrogens (tertiary/aromatic N) is 1. The van der Waals surface area contributed by atoms with Crippen molar-refractivity contribution in [2.24, 2.45) is 5.73 Å². The molecule has 0 amide bonds. The van der Waals surface area contributed by atoms with E-state index in [1.807, 2.05) is 0 Å². The minimum atomic E-state index is 0.0951. The lowest BCUT2D eigenvalue weighted by molar-refractivity contribution is 0.100. The van der Waals surface area contributed by atoms with Crippen LogP contribution in [0.4, 0.5) is 0 Å². The summed E-state index contributed by atoms with van der Waals surface area (Å²) < 4.78 is 0. The minimum absolute atomic E-state index is 0.0951. The van der Waals surface area contributed by atoms with Gasteiger partial charge in [0.25, 0.3) is 0 Å². The maximum atomic E-state index is 6.52. The van der Waals surface area contributed by atoms with Crippen LogP contribution < -0.4 is 5.73 Å². The average molecular weight is 232 g/mol. The van der Waals surface area contributed by atoms with Gasteiger partial charge in [0.15, 0.2) is 0 Å². The molecule has 1 aromatic carbocycles. The zero-order valence-corrected chi connectivity index (χ0v) is 11.0. The van der Waals surface area contributed by atoms with Crippen molar-refractivity contribution in [3.8, 4) is 0 Å². The van der Waals surface area contributed by atoms with Gasteiger partial charge in [-0.3, -0.25) is 4.90 Å². The van der Waals surface area contributed by atoms with Gasteiger partial charge >= 0.3 is 0 Å². The zero-order valence-electron chi connectivity index (χ0n) is 11.0. The lowest BCUT2D eigenvalue weighted by Crippen LogP contribution is -2.51. The van der Waals surface area contributed by atoms with Crippen LogP contribution in [0.25, 0.3) is 0 Å². The Morgan fingerprint density at radius 1 is 1.24 bits per heavy atom. The quantitative estimate of drug-likeness (QED) is 0.865. The van der Waals surface area contributed by atoms with Crippen molar-refractivity contribution in [1.82, 2.24) is 4.90 Å². The summed E-state index contributed by atoms with van der Waals surface area (Å²) in [7, 11) is 0. The Morgan fingerprint density at radius 3 is 2.35 bits per heavy atom. The van der Waals surface area contributed by atoms with E-state index in [-0.39, 0.29) is 11.6 Å². The smallest absolute Gasteiger partial charge is 0.0479 e. The van der Waals surface area contributed by atoms with Crippen LogP contribution in [-0.2, 0) is 0 Å². The van der Waals surface area contributed by atoms with Crippen molar-refractivity contribution in [3.63, 3.8) is 0 Å². The van der Waals surface area contributed by atoms with Gasteiger partial charge in [-0.2, -0.15) is 0 Å². The molecule has 2 rings (SSSR count). The lowest BCUT2D eigenvalue weighted by atomic mass is 9.84. The molecule has 1 fully saturated rings. The molecule has 1 heterocycles. The number of hydrogen-bond donors (Lipinski definition) is 1. The molecule has 0 aliphatic carbocycles. The minimum Gasteiger partial charge on any atom is -0.322 e. The first-order chi connectivity index (χ1) is 8.18. The average Bonchev–Trinajstić information content (AvgIpc) is 2.92. The largest absolute Gasteiger partial charge is 0.322 e. The highest BCUT2D eigenvalue weighted by molar-refractivity contribution is 5.22. The first-order valence-electron chi connectivity index (χ1n) is 6.74. The van der Waals surface area contributed by atoms with E-state index in [1.54, 1.807) is 0 Å². The van der Waals surface area contributed by atoms with Gasteiger partial charge in [-0.15, -0.1) is 0 Å². The van der Waals surface area contributed by atoms with E-state index in [4.69, 9.17) is 5.73 Å². The summed E-state index contributed by atoms with van der Waals surface area (Å²) in [6, 6.07) is 10.6. The predicted octanol–water partition coefficient (Wildman–Crippen LogP) is 2.95. The summed E-state index contributed by atoms with van der Waals surface area (Å²) in [5, 5.41) is 0. The summed E-state index contributed by atoms with van der Waals surface area (Å²) in [6.45, 7) is 6.97. The molecule has 94 valence electrons. The molecule has 0 aromatic heterocycles. The van der Waals surface area contributed by atoms with Gasteiger partial charge in [0.05, 0.1) is 0 Å². The van der Waals surface area contributed by atoms with Crippen molar-refractivity contribution in [2.75, 3.05) is 13.1 Å². The Balaban J connectivity index is 2.22. The molecule has 0 spiro atoms. The molecule has 1 aliphatic rings. The number of hydrogen-bond acceptors (Lipinski definition) is 2. The molecule has 1 aliphatic heterocycles. The standard InChI is InChI=1S/C15H24N2/c1-3-15(2,17-11-7-8-12-17)14(16)13-9-5-4-6-10-13/h4-6,9-10,14H,3,7-8,11-12,16H2,1-2H3. The first kappa shape index (κ1) is 12.6. The van der Waals surface area contributed by atoms with Crippen molar-refractivity contribution in [3.05, 3.63) is 35.9 Å². The number of likely N-dealkylation sites (tertiary alicyclic amines) is 1. The molecule has 2 atom stereocenters. The van der Waals surface area contributed by atoms with Gasteiger partial charge in [-0.1, -0.05) is 37.3 Å². The van der Waals surface area contributed by atoms with Crippen LogP contribution in [0.15, 0.2) is 30.3 Å². The third-order valence-electron chi connectivity index (χ3n) is 4.37. The first-order valence-corrected chi connectivity index (χ1v) is 6.74. The molecule has 2 N–H and O–H groups in total. The zero-order chi connectivity index (χ0) is 12.3. The molecular formula is C15H24N2. The summed E-state index contributed by atoms with van der Waals surface area (Å²) >= 11 is 0. The Kier molecular flexibility index (Phi) is 3.85. The molecule has 0 radical (unpaired) electrons. The lowest BCUT2D eigenvalue weighted by Gasteiger charge is -2.43. The Morgan fingerprint density at radius 2 is 1.82 bits per heavy atom. The third kappa shape index (κ3) is 2.38. The Hall–Kier alpha value is -0.860. The summed E-state index contributed by atoms with van der Waals surface area (Å²) in [4.78, 5) is 2.57. The van der Waals surface area contributed by atoms with E-state index < -0.39 is 0 Å². The Bertz CT molecular complexity index is 343. The van der Waals surface area contributed by atoms with Crippen LogP contribution in [0.1, 0.15) is 44.7 Å². The van der Waals surface area contributed by atoms with E-state index in [0.717, 1.165) is 6.42 Å². The van der Waals surface area contributed by atoms with Crippen LogP contribution >= 0.6 is 0 Å². The van der Waals surface area contributed by atoms with Crippen LogP contribution in [0, 0.1) is 0 Å². The van der Waals surface area contributed by atoms with E-state index in [0.29, 0.717) is 0 Å². The second kappa shape index (κ2) is 5.19. The van der Waals surface area contributed by atoms with Crippen LogP contribution in [0.3, 0.4) is 0 Å². The van der Waals surface area contributed by atoms with Crippen molar-refractivity contribution in [1.29, 1.82) is 0 Å². The molecule has 2 heteroatoms. The maximum Gasteiger partial charge on any atom is 0.0479 e. The van der Waals surface area contributed by atoms with Gasteiger partial charge in [0.2, 0.25) is 0 Å². The monoisotopic (exact) mass is 232 g/mol. The van der Waals surface area contributed by atoms with Gasteiger partial charge in [-0.25, -0.2) is 0 Å². The number of benzene rings is 1. The van der Waals surface area contributed by atoms with Crippen LogP contribution in [-0.4, -0.2) is 23.5 Å². The predicted molar refractivity (Wildman–Crippen MR) is 72.9 cm³/mol. The summed E-state index contributed by atoms with van der Waals surface area (Å²) in [5.41, 5.74) is 7.87. The molecule has 2 unspecified atom stereocenters. The third-order valence-corrected chi connectivity index (χ3v) is 4.37. The van der Waals surface area contributed by atoms with Crippen molar-refractivity contribution in [2.45, 2.75) is 44.7 Å². The molecular weight excluding hydrogens is 208 g/mol. The fraction of sp³-hybridized carbons (Fsp3) is 0.600. The van der Waals surface area contributed by atoms with Crippen LogP contribution in [0.2, 0.25) is 0 Å².